The fraction of sp³-hybridized carbons (Fsp3) is 0.333. The van der Waals surface area contributed by atoms with Gasteiger partial charge in [0.25, 0.3) is 6.20 Å². The fourth-order valence-electron chi connectivity index (χ4n) is 1.05. The molecule has 0 fully saturated rings. The van der Waals surface area contributed by atoms with Gasteiger partial charge in [-0.2, -0.15) is 0 Å². The van der Waals surface area contributed by atoms with E-state index in [0.29, 0.717) is 13.0 Å². The largest absolute Gasteiger partial charge is 0.494 e. The Balaban J connectivity index is 2.46. The molecule has 0 aliphatic carbocycles. The smallest absolute Gasteiger partial charge is 0.314 e. The molecule has 0 aromatic rings. The second kappa shape index (κ2) is 4.37. The molecule has 1 atom stereocenters. The zero-order valence-electron chi connectivity index (χ0n) is 7.93. The maximum Gasteiger partial charge on any atom is 0.494 e. The minimum atomic E-state index is -2.85. The summed E-state index contributed by atoms with van der Waals surface area (Å²) in [6.45, 7) is 4.25. The van der Waals surface area contributed by atoms with Crippen molar-refractivity contribution in [3.8, 4) is 0 Å². The summed E-state index contributed by atoms with van der Waals surface area (Å²) in [5.74, 6) is 3.38. The molecule has 1 aliphatic rings. The highest BCUT2D eigenvalue weighted by molar-refractivity contribution is 7.95. The second-order valence-corrected chi connectivity index (χ2v) is 4.96. The maximum atomic E-state index is 10.8. The minimum absolute atomic E-state index is 0.215. The average Bonchev–Trinajstić information content (AvgIpc) is 2.50. The van der Waals surface area contributed by atoms with Crippen molar-refractivity contribution in [1.29, 1.82) is 0 Å². The molecule has 1 heterocycles. The van der Waals surface area contributed by atoms with Crippen LogP contribution in [-0.4, -0.2) is 42.1 Å². The highest BCUT2D eigenvalue weighted by Gasteiger charge is 2.13. The molecule has 4 nitrogen and oxygen atoms in total. The minimum Gasteiger partial charge on any atom is -0.314 e. The third-order valence-electron chi connectivity index (χ3n) is 1.71. The van der Waals surface area contributed by atoms with Crippen LogP contribution < -0.4 is 0 Å². The SMILES string of the molecule is C=C[N+]1=C=[N+](CCCS(=C)(=O)O)C=C1. The van der Waals surface area contributed by atoms with Crippen LogP contribution in [0.5, 0.6) is 0 Å². The summed E-state index contributed by atoms with van der Waals surface area (Å²) >= 11 is 0. The summed E-state index contributed by atoms with van der Waals surface area (Å²) in [4.78, 5) is 0. The number of hydrogen-bond donors (Lipinski definition) is 1. The second-order valence-electron chi connectivity index (χ2n) is 3.01. The van der Waals surface area contributed by atoms with Gasteiger partial charge in [-0.05, 0) is 12.4 Å². The third kappa shape index (κ3) is 3.70. The molecule has 5 heteroatoms. The van der Waals surface area contributed by atoms with Gasteiger partial charge >= 0.3 is 6.01 Å². The Labute approximate surface area is 84.0 Å². The average molecular weight is 214 g/mol. The molecule has 0 saturated heterocycles. The highest BCUT2D eigenvalue weighted by atomic mass is 32.2. The monoisotopic (exact) mass is 214 g/mol. The van der Waals surface area contributed by atoms with Crippen molar-refractivity contribution in [1.82, 2.24) is 0 Å². The number of nitrogens with zero attached hydrogens (tertiary/aromatic N) is 2. The van der Waals surface area contributed by atoms with Gasteiger partial charge in [0.05, 0.1) is 9.80 Å². The summed E-state index contributed by atoms with van der Waals surface area (Å²) < 4.78 is 23.3. The van der Waals surface area contributed by atoms with Crippen LogP contribution in [0.1, 0.15) is 6.42 Å². The maximum absolute atomic E-state index is 10.8. The van der Waals surface area contributed by atoms with Gasteiger partial charge in [0.15, 0.2) is 12.7 Å². The van der Waals surface area contributed by atoms with Crippen LogP contribution >= 0.6 is 0 Å². The van der Waals surface area contributed by atoms with Gasteiger partial charge in [0.1, 0.15) is 0 Å². The Morgan fingerprint density at radius 3 is 2.79 bits per heavy atom. The molecule has 0 spiro atoms. The van der Waals surface area contributed by atoms with Crippen molar-refractivity contribution < 1.29 is 17.9 Å². The van der Waals surface area contributed by atoms with E-state index in [-0.39, 0.29) is 5.75 Å². The van der Waals surface area contributed by atoms with E-state index in [1.54, 1.807) is 10.8 Å². The quantitative estimate of drug-likeness (QED) is 0.531. The normalized spacial score (nSPS) is 18.6. The van der Waals surface area contributed by atoms with Crippen LogP contribution in [0.25, 0.3) is 0 Å². The first kappa shape index (κ1) is 10.9. The van der Waals surface area contributed by atoms with Crippen molar-refractivity contribution in [3.05, 3.63) is 25.2 Å². The molecule has 0 amide bonds. The van der Waals surface area contributed by atoms with E-state index in [4.69, 9.17) is 4.55 Å². The first-order valence-electron chi connectivity index (χ1n) is 4.21. The van der Waals surface area contributed by atoms with E-state index in [0.717, 1.165) is 0 Å². The molecule has 0 saturated carbocycles. The Bertz CT molecular complexity index is 426. The van der Waals surface area contributed by atoms with Gasteiger partial charge in [-0.15, -0.1) is 0 Å². The lowest BCUT2D eigenvalue weighted by atomic mass is 10.5. The Hall–Kier alpha value is -1.16. The van der Waals surface area contributed by atoms with E-state index in [2.05, 4.69) is 18.5 Å². The molecule has 1 unspecified atom stereocenters. The van der Waals surface area contributed by atoms with Crippen molar-refractivity contribution in [3.63, 3.8) is 0 Å². The first-order valence-corrected chi connectivity index (χ1v) is 6.06. The summed E-state index contributed by atoms with van der Waals surface area (Å²) in [6, 6.07) is 2.97. The molecule has 0 aromatic heterocycles. The Morgan fingerprint density at radius 2 is 2.29 bits per heavy atom. The summed E-state index contributed by atoms with van der Waals surface area (Å²) in [6.07, 6.45) is 5.89. The lowest BCUT2D eigenvalue weighted by Crippen LogP contribution is -2.10. The molecule has 1 rings (SSSR count). The Kier molecular flexibility index (Phi) is 3.41. The zero-order chi connectivity index (χ0) is 10.6. The van der Waals surface area contributed by atoms with Crippen molar-refractivity contribution in [2.45, 2.75) is 6.42 Å². The molecule has 0 radical (unpaired) electrons. The van der Waals surface area contributed by atoms with Crippen LogP contribution in [0.2, 0.25) is 0 Å². The van der Waals surface area contributed by atoms with Gasteiger partial charge in [0.2, 0.25) is 6.20 Å². The van der Waals surface area contributed by atoms with Gasteiger partial charge in [-0.25, -0.2) is 4.21 Å². The molecular formula is C9H14N2O2S+2. The molecule has 14 heavy (non-hydrogen) atoms. The van der Waals surface area contributed by atoms with E-state index >= 15 is 0 Å². The highest BCUT2D eigenvalue weighted by Crippen LogP contribution is 1.93. The van der Waals surface area contributed by atoms with Gasteiger partial charge in [-0.1, -0.05) is 9.15 Å². The van der Waals surface area contributed by atoms with E-state index < -0.39 is 9.80 Å². The number of hydrogen-bond acceptors (Lipinski definition) is 1. The standard InChI is InChI=1S/C9H13N2O2S/c1-3-10-6-7-11(9-10)5-4-8-14(2,12)13/h3,6-7H,1-2,4-5,8H2/q+1/p+1. The first-order chi connectivity index (χ1) is 6.51. The summed E-state index contributed by atoms with van der Waals surface area (Å²) in [7, 11) is -2.85. The van der Waals surface area contributed by atoms with Crippen molar-refractivity contribution in [2.24, 2.45) is 0 Å². The predicted octanol–water partition coefficient (Wildman–Crippen LogP) is 0.393. The lowest BCUT2D eigenvalue weighted by molar-refractivity contribution is -0.461. The summed E-state index contributed by atoms with van der Waals surface area (Å²) in [5.41, 5.74) is 0. The van der Waals surface area contributed by atoms with Gasteiger partial charge in [-0.3, -0.25) is 0 Å². The van der Waals surface area contributed by atoms with E-state index in [9.17, 15) is 4.21 Å². The molecule has 1 aliphatic heterocycles. The summed E-state index contributed by atoms with van der Waals surface area (Å²) in [5, 5.41) is 0. The predicted molar refractivity (Wildman–Crippen MR) is 57.1 cm³/mol. The van der Waals surface area contributed by atoms with Crippen LogP contribution in [0.15, 0.2) is 25.2 Å². The van der Waals surface area contributed by atoms with Crippen LogP contribution in [-0.2, 0) is 9.80 Å². The third-order valence-corrected chi connectivity index (χ3v) is 2.64. The van der Waals surface area contributed by atoms with E-state index in [1.165, 1.54) is 0 Å². The van der Waals surface area contributed by atoms with Crippen LogP contribution in [0.4, 0.5) is 0 Å². The van der Waals surface area contributed by atoms with Crippen molar-refractivity contribution >= 4 is 21.7 Å². The number of rotatable bonds is 5. The topological polar surface area (TPSA) is 43.3 Å². The molecule has 0 aromatic carbocycles. The van der Waals surface area contributed by atoms with E-state index in [1.807, 2.05) is 17.0 Å². The molecular weight excluding hydrogens is 200 g/mol. The molecule has 1 N–H and O–H groups in total. The Morgan fingerprint density at radius 1 is 1.57 bits per heavy atom. The lowest BCUT2D eigenvalue weighted by Gasteiger charge is -1.95. The van der Waals surface area contributed by atoms with Crippen molar-refractivity contribution in [2.75, 3.05) is 12.3 Å². The van der Waals surface area contributed by atoms with Gasteiger partial charge in [0, 0.05) is 12.2 Å². The molecule has 76 valence electrons. The van der Waals surface area contributed by atoms with Crippen LogP contribution in [0.3, 0.4) is 0 Å². The van der Waals surface area contributed by atoms with Crippen LogP contribution in [0, 0.1) is 0 Å². The van der Waals surface area contributed by atoms with Gasteiger partial charge < -0.3 is 4.55 Å². The molecule has 0 bridgehead atoms. The zero-order valence-corrected chi connectivity index (χ0v) is 8.74. The fourth-order valence-corrected chi connectivity index (χ4v) is 1.63.